The Balaban J connectivity index is 1.48. The van der Waals surface area contributed by atoms with Gasteiger partial charge in [-0.1, -0.05) is 18.2 Å². The van der Waals surface area contributed by atoms with E-state index in [0.29, 0.717) is 24.8 Å². The summed E-state index contributed by atoms with van der Waals surface area (Å²) in [6.07, 6.45) is -0.593. The third-order valence-electron chi connectivity index (χ3n) is 6.40. The topological polar surface area (TPSA) is 84.4 Å². The summed E-state index contributed by atoms with van der Waals surface area (Å²) in [7, 11) is -0.526. The zero-order valence-electron chi connectivity index (χ0n) is 20.1. The van der Waals surface area contributed by atoms with Gasteiger partial charge in [0.05, 0.1) is 5.56 Å². The van der Waals surface area contributed by atoms with E-state index in [1.54, 1.807) is 6.07 Å². The maximum absolute atomic E-state index is 14.8. The minimum absolute atomic E-state index is 0.00100. The molecule has 7 nitrogen and oxygen atoms in total. The van der Waals surface area contributed by atoms with Gasteiger partial charge in [-0.15, -0.1) is 0 Å². The van der Waals surface area contributed by atoms with Crippen LogP contribution in [0.2, 0.25) is 0 Å². The van der Waals surface area contributed by atoms with Crippen LogP contribution >= 0.6 is 0 Å². The van der Waals surface area contributed by atoms with Gasteiger partial charge >= 0.3 is 6.18 Å². The lowest BCUT2D eigenvalue weighted by Gasteiger charge is -2.40. The molecule has 0 amide bonds. The maximum Gasteiger partial charge on any atom is 0.416 e. The van der Waals surface area contributed by atoms with Crippen LogP contribution in [0.15, 0.2) is 66.0 Å². The monoisotopic (exact) mass is 538 g/mol. The van der Waals surface area contributed by atoms with Gasteiger partial charge in [-0.05, 0) is 69.1 Å². The van der Waals surface area contributed by atoms with Gasteiger partial charge in [0.25, 0.3) is 10.0 Å². The summed E-state index contributed by atoms with van der Waals surface area (Å²) >= 11 is 0. The van der Waals surface area contributed by atoms with Gasteiger partial charge in [0.2, 0.25) is 0 Å². The van der Waals surface area contributed by atoms with Crippen LogP contribution in [0, 0.1) is 5.82 Å². The highest BCUT2D eigenvalue weighted by atomic mass is 32.2. The normalized spacial score (nSPS) is 20.6. The Morgan fingerprint density at radius 1 is 1.08 bits per heavy atom. The zero-order chi connectivity index (χ0) is 26.8. The molecule has 4 rings (SSSR count). The maximum atomic E-state index is 14.8. The summed E-state index contributed by atoms with van der Waals surface area (Å²) in [6.45, 7) is 0. The van der Waals surface area contributed by atoms with Crippen molar-refractivity contribution in [3.05, 3.63) is 78.0 Å². The lowest BCUT2D eigenvalue weighted by atomic mass is 9.79. The summed E-state index contributed by atoms with van der Waals surface area (Å²) in [5.74, 6) is -0.918. The average Bonchev–Trinajstić information content (AvgIpc) is 2.84. The molecule has 3 aromatic rings. The molecule has 198 valence electrons. The van der Waals surface area contributed by atoms with Crippen molar-refractivity contribution in [1.29, 1.82) is 0 Å². The van der Waals surface area contributed by atoms with Crippen LogP contribution in [0.25, 0.3) is 0 Å². The van der Waals surface area contributed by atoms with Crippen LogP contribution in [0.4, 0.5) is 23.4 Å². The number of hydrogen-bond donors (Lipinski definition) is 1. The Bertz CT molecular complexity index is 1340. The van der Waals surface area contributed by atoms with Crippen molar-refractivity contribution in [3.63, 3.8) is 0 Å². The first-order valence-corrected chi connectivity index (χ1v) is 13.0. The third kappa shape index (κ3) is 6.37. The van der Waals surface area contributed by atoms with Gasteiger partial charge < -0.3 is 9.64 Å². The predicted molar refractivity (Wildman–Crippen MR) is 129 cm³/mol. The number of alkyl halides is 3. The Morgan fingerprint density at radius 2 is 1.86 bits per heavy atom. The van der Waals surface area contributed by atoms with Crippen LogP contribution in [0.3, 0.4) is 0 Å². The summed E-state index contributed by atoms with van der Waals surface area (Å²) < 4.78 is 87.8. The number of nitrogens with one attached hydrogen (secondary N) is 1. The Morgan fingerprint density at radius 3 is 2.51 bits per heavy atom. The number of anilines is 1. The van der Waals surface area contributed by atoms with E-state index >= 15 is 0 Å². The number of nitrogens with zero attached hydrogens (tertiary/aromatic N) is 3. The Hall–Kier alpha value is -3.25. The van der Waals surface area contributed by atoms with Gasteiger partial charge in [0.15, 0.2) is 0 Å². The third-order valence-corrected chi connectivity index (χ3v) is 7.79. The summed E-state index contributed by atoms with van der Waals surface area (Å²) in [5.41, 5.74) is -0.0542. The fourth-order valence-corrected chi connectivity index (χ4v) is 5.63. The number of sulfonamides is 1. The highest BCUT2D eigenvalue weighted by Gasteiger charge is 2.36. The van der Waals surface area contributed by atoms with Crippen LogP contribution < -0.4 is 9.46 Å². The van der Waals surface area contributed by atoms with E-state index < -0.39 is 32.5 Å². The molecule has 37 heavy (non-hydrogen) atoms. The highest BCUT2D eigenvalue weighted by molar-refractivity contribution is 7.92. The smallest absolute Gasteiger partial charge is 0.416 e. The SMILES string of the molecule is CN(C)[C@H]1C[C@@H](c2cccc(C(F)(F)F)c2)CC[C@@H]1Oc1ccc(S(=O)(=O)Nc2ccncn2)c(F)c1. The second-order valence-corrected chi connectivity index (χ2v) is 10.8. The first-order chi connectivity index (χ1) is 17.4. The van der Waals surface area contributed by atoms with Crippen molar-refractivity contribution in [2.75, 3.05) is 18.8 Å². The largest absolute Gasteiger partial charge is 0.489 e. The Kier molecular flexibility index (Phi) is 7.69. The predicted octanol–water partition coefficient (Wildman–Crippen LogP) is 5.08. The second-order valence-electron chi connectivity index (χ2n) is 9.11. The summed E-state index contributed by atoms with van der Waals surface area (Å²) in [6, 6.07) is 10.1. The molecule has 1 aliphatic rings. The molecular weight excluding hydrogens is 512 g/mol. The molecular formula is C25H26F4N4O3S. The van der Waals surface area contributed by atoms with Gasteiger partial charge in [0, 0.05) is 18.3 Å². The average molecular weight is 539 g/mol. The molecule has 1 fully saturated rings. The van der Waals surface area contributed by atoms with Crippen LogP contribution in [-0.2, 0) is 16.2 Å². The van der Waals surface area contributed by atoms with Crippen molar-refractivity contribution in [1.82, 2.24) is 14.9 Å². The summed E-state index contributed by atoms with van der Waals surface area (Å²) in [5, 5.41) is 0. The van der Waals surface area contributed by atoms with E-state index in [1.807, 2.05) is 19.0 Å². The lowest BCUT2D eigenvalue weighted by molar-refractivity contribution is -0.137. The fraction of sp³-hybridized carbons (Fsp3) is 0.360. The van der Waals surface area contributed by atoms with Crippen molar-refractivity contribution in [2.45, 2.75) is 48.4 Å². The van der Waals surface area contributed by atoms with Crippen molar-refractivity contribution < 1.29 is 30.7 Å². The summed E-state index contributed by atoms with van der Waals surface area (Å²) in [4.78, 5) is 8.85. The van der Waals surface area contributed by atoms with Gasteiger partial charge in [-0.3, -0.25) is 4.72 Å². The number of benzene rings is 2. The first kappa shape index (κ1) is 26.8. The standard InChI is InChI=1S/C25H26F4N4O3S/c1-33(2)21-13-17(16-4-3-5-18(12-16)25(27,28)29)6-8-22(21)36-19-7-9-23(20(26)14-19)37(34,35)32-24-10-11-30-15-31-24/h3-5,7,9-12,14-15,17,21-22H,6,8,13H2,1-2H3,(H,30,31,32)/t17-,21-,22-/m0/s1. The molecule has 0 saturated heterocycles. The van der Waals surface area contributed by atoms with E-state index in [0.717, 1.165) is 24.5 Å². The van der Waals surface area contributed by atoms with E-state index in [-0.39, 0.29) is 29.6 Å². The highest BCUT2D eigenvalue weighted by Crippen LogP contribution is 2.39. The van der Waals surface area contributed by atoms with Crippen LogP contribution in [0.5, 0.6) is 5.75 Å². The van der Waals surface area contributed by atoms with Crippen LogP contribution in [-0.4, -0.2) is 49.5 Å². The van der Waals surface area contributed by atoms with Gasteiger partial charge in [-0.25, -0.2) is 22.8 Å². The quantitative estimate of drug-likeness (QED) is 0.423. The first-order valence-electron chi connectivity index (χ1n) is 11.5. The second kappa shape index (κ2) is 10.6. The molecule has 1 aliphatic carbocycles. The molecule has 1 aromatic heterocycles. The van der Waals surface area contributed by atoms with E-state index in [9.17, 15) is 26.0 Å². The minimum atomic E-state index is -4.41. The molecule has 12 heteroatoms. The molecule has 2 aromatic carbocycles. The molecule has 1 heterocycles. The lowest BCUT2D eigenvalue weighted by Crippen LogP contribution is -2.46. The molecule has 1 saturated carbocycles. The minimum Gasteiger partial charge on any atom is -0.489 e. The van der Waals surface area contributed by atoms with Gasteiger partial charge in [0.1, 0.15) is 34.7 Å². The molecule has 0 spiro atoms. The number of halogens is 4. The van der Waals surface area contributed by atoms with Crippen LogP contribution in [0.1, 0.15) is 36.3 Å². The number of aromatic nitrogens is 2. The number of ether oxygens (including phenoxy) is 1. The number of rotatable bonds is 7. The molecule has 3 atom stereocenters. The molecule has 0 bridgehead atoms. The number of hydrogen-bond acceptors (Lipinski definition) is 6. The molecule has 0 unspecified atom stereocenters. The molecule has 0 radical (unpaired) electrons. The Labute approximate surface area is 212 Å². The van der Waals surface area contributed by atoms with Crippen molar-refractivity contribution in [3.8, 4) is 5.75 Å². The zero-order valence-corrected chi connectivity index (χ0v) is 20.9. The molecule has 1 N–H and O–H groups in total. The van der Waals surface area contributed by atoms with Crippen molar-refractivity contribution in [2.24, 2.45) is 0 Å². The fourth-order valence-electron chi connectivity index (χ4n) is 4.56. The van der Waals surface area contributed by atoms with Gasteiger partial charge in [-0.2, -0.15) is 13.2 Å². The van der Waals surface area contributed by atoms with E-state index in [2.05, 4.69) is 14.7 Å². The molecule has 0 aliphatic heterocycles. The van der Waals surface area contributed by atoms with Crippen molar-refractivity contribution >= 4 is 15.8 Å². The number of likely N-dealkylation sites (N-methyl/N-ethyl adjacent to an activating group) is 1. The van der Waals surface area contributed by atoms with E-state index in [4.69, 9.17) is 4.74 Å². The van der Waals surface area contributed by atoms with E-state index in [1.165, 1.54) is 30.5 Å².